The van der Waals surface area contributed by atoms with Gasteiger partial charge in [0.05, 0.1) is 0 Å². The van der Waals surface area contributed by atoms with Gasteiger partial charge in [0.1, 0.15) is 11.5 Å². The average molecular weight is 293 g/mol. The van der Waals surface area contributed by atoms with Gasteiger partial charge in [-0.1, -0.05) is 11.2 Å². The monoisotopic (exact) mass is 293 g/mol. The van der Waals surface area contributed by atoms with Crippen LogP contribution in [0.5, 0.6) is 0 Å². The van der Waals surface area contributed by atoms with E-state index in [0.717, 1.165) is 12.8 Å². The number of pyridine rings is 1. The van der Waals surface area contributed by atoms with Crippen LogP contribution in [0.2, 0.25) is 0 Å². The van der Waals surface area contributed by atoms with Crippen LogP contribution in [0.4, 0.5) is 5.82 Å². The molecule has 1 aliphatic rings. The van der Waals surface area contributed by atoms with Crippen molar-refractivity contribution in [2.24, 2.45) is 0 Å². The van der Waals surface area contributed by atoms with Gasteiger partial charge < -0.3 is 4.52 Å². The maximum atomic E-state index is 12.9. The third kappa shape index (κ3) is 2.07. The summed E-state index contributed by atoms with van der Waals surface area (Å²) in [6, 6.07) is 5.22. The maximum Gasteiger partial charge on any atom is 0.271 e. The Kier molecular flexibility index (Phi) is 3.01. The zero-order valence-electron chi connectivity index (χ0n) is 11.3. The highest BCUT2D eigenvalue weighted by atomic mass is 32.2. The molecule has 6 nitrogen and oxygen atoms in total. The first kappa shape index (κ1) is 13.1. The summed E-state index contributed by atoms with van der Waals surface area (Å²) in [4.78, 5) is 4.32. The second kappa shape index (κ2) is 4.59. The van der Waals surface area contributed by atoms with E-state index in [9.17, 15) is 8.42 Å². The Hall–Kier alpha value is -1.89. The van der Waals surface area contributed by atoms with Gasteiger partial charge in [0.15, 0.2) is 10.7 Å². The molecule has 0 spiro atoms. The second-order valence-electron chi connectivity index (χ2n) is 4.87. The van der Waals surface area contributed by atoms with E-state index in [2.05, 4.69) is 10.1 Å². The molecule has 0 aliphatic heterocycles. The second-order valence-corrected chi connectivity index (χ2v) is 6.63. The quantitative estimate of drug-likeness (QED) is 0.862. The number of nitrogens with zero attached hydrogens (tertiary/aromatic N) is 3. The van der Waals surface area contributed by atoms with E-state index in [0.29, 0.717) is 17.3 Å². The van der Waals surface area contributed by atoms with E-state index in [1.54, 1.807) is 38.2 Å². The molecule has 3 rings (SSSR count). The Morgan fingerprint density at radius 2 is 2.05 bits per heavy atom. The summed E-state index contributed by atoms with van der Waals surface area (Å²) >= 11 is 0. The van der Waals surface area contributed by atoms with Gasteiger partial charge in [0, 0.05) is 12.2 Å². The van der Waals surface area contributed by atoms with Crippen molar-refractivity contribution in [2.75, 3.05) is 4.31 Å². The first-order valence-corrected chi connectivity index (χ1v) is 7.84. The summed E-state index contributed by atoms with van der Waals surface area (Å²) in [5, 5.41) is 3.74. The molecule has 0 unspecified atom stereocenters. The van der Waals surface area contributed by atoms with Crippen molar-refractivity contribution < 1.29 is 12.9 Å². The Balaban J connectivity index is 2.13. The lowest BCUT2D eigenvalue weighted by Crippen LogP contribution is -2.34. The van der Waals surface area contributed by atoms with Crippen LogP contribution in [0.25, 0.3) is 0 Å². The first-order valence-electron chi connectivity index (χ1n) is 6.40. The molecule has 1 aliphatic carbocycles. The smallest absolute Gasteiger partial charge is 0.271 e. The average Bonchev–Trinajstić information content (AvgIpc) is 3.16. The van der Waals surface area contributed by atoms with Gasteiger partial charge in [-0.05, 0) is 38.8 Å². The molecule has 0 bridgehead atoms. The number of aryl methyl sites for hydroxylation is 2. The third-order valence-electron chi connectivity index (χ3n) is 3.24. The van der Waals surface area contributed by atoms with E-state index in [1.807, 2.05) is 0 Å². The lowest BCUT2D eigenvalue weighted by atomic mass is 10.4. The Morgan fingerprint density at radius 3 is 2.55 bits per heavy atom. The summed E-state index contributed by atoms with van der Waals surface area (Å²) in [5.41, 5.74) is 0.379. The minimum atomic E-state index is -3.69. The highest BCUT2D eigenvalue weighted by Crippen LogP contribution is 2.36. The molecule has 2 aromatic heterocycles. The molecule has 2 aromatic rings. The zero-order chi connectivity index (χ0) is 14.3. The molecule has 0 saturated heterocycles. The van der Waals surface area contributed by atoms with Gasteiger partial charge in [-0.3, -0.25) is 0 Å². The van der Waals surface area contributed by atoms with Crippen LogP contribution in [-0.4, -0.2) is 24.6 Å². The number of anilines is 1. The van der Waals surface area contributed by atoms with Gasteiger partial charge in [0.25, 0.3) is 10.0 Å². The van der Waals surface area contributed by atoms with Crippen molar-refractivity contribution >= 4 is 15.8 Å². The third-order valence-corrected chi connectivity index (χ3v) is 5.34. The van der Waals surface area contributed by atoms with Crippen LogP contribution in [0.1, 0.15) is 24.3 Å². The SMILES string of the molecule is Cc1noc(C)c1S(=O)(=O)N(c1ccccn1)C1CC1. The van der Waals surface area contributed by atoms with Crippen molar-refractivity contribution in [3.8, 4) is 0 Å². The van der Waals surface area contributed by atoms with E-state index >= 15 is 0 Å². The minimum absolute atomic E-state index is 0.0244. The van der Waals surface area contributed by atoms with Crippen molar-refractivity contribution in [1.29, 1.82) is 0 Å². The standard InChI is InChI=1S/C13H15N3O3S/c1-9-13(10(2)19-15-9)20(17,18)16(11-6-7-11)12-5-3-4-8-14-12/h3-5,8,11H,6-7H2,1-2H3. The Labute approximate surface area is 117 Å². The lowest BCUT2D eigenvalue weighted by molar-refractivity contribution is 0.390. The van der Waals surface area contributed by atoms with Crippen LogP contribution in [0.3, 0.4) is 0 Å². The van der Waals surface area contributed by atoms with Gasteiger partial charge in [-0.25, -0.2) is 17.7 Å². The topological polar surface area (TPSA) is 76.3 Å². The minimum Gasteiger partial charge on any atom is -0.360 e. The van der Waals surface area contributed by atoms with Gasteiger partial charge in [-0.2, -0.15) is 0 Å². The van der Waals surface area contributed by atoms with E-state index in [4.69, 9.17) is 4.52 Å². The molecule has 0 N–H and O–H groups in total. The zero-order valence-corrected chi connectivity index (χ0v) is 12.1. The molecule has 2 heterocycles. The largest absolute Gasteiger partial charge is 0.360 e. The van der Waals surface area contributed by atoms with Crippen molar-refractivity contribution in [3.05, 3.63) is 35.9 Å². The van der Waals surface area contributed by atoms with E-state index in [1.165, 1.54) is 4.31 Å². The molecule has 1 saturated carbocycles. The lowest BCUT2D eigenvalue weighted by Gasteiger charge is -2.22. The fourth-order valence-electron chi connectivity index (χ4n) is 2.24. The van der Waals surface area contributed by atoms with Crippen molar-refractivity contribution in [1.82, 2.24) is 10.1 Å². The summed E-state index contributed by atoms with van der Waals surface area (Å²) in [6.07, 6.45) is 3.28. The predicted molar refractivity (Wildman–Crippen MR) is 72.9 cm³/mol. The molecule has 20 heavy (non-hydrogen) atoms. The first-order chi connectivity index (χ1) is 9.51. The fraction of sp³-hybridized carbons (Fsp3) is 0.385. The van der Waals surface area contributed by atoms with Gasteiger partial charge in [-0.15, -0.1) is 0 Å². The molecule has 0 radical (unpaired) electrons. The predicted octanol–water partition coefficient (Wildman–Crippen LogP) is 2.04. The van der Waals surface area contributed by atoms with Crippen LogP contribution < -0.4 is 4.31 Å². The van der Waals surface area contributed by atoms with Crippen LogP contribution in [-0.2, 0) is 10.0 Å². The number of hydrogen-bond acceptors (Lipinski definition) is 5. The molecular weight excluding hydrogens is 278 g/mol. The Bertz CT molecular complexity index is 701. The normalized spacial score (nSPS) is 15.3. The number of sulfonamides is 1. The highest BCUT2D eigenvalue weighted by Gasteiger charge is 2.41. The Morgan fingerprint density at radius 1 is 1.30 bits per heavy atom. The van der Waals surface area contributed by atoms with Crippen LogP contribution >= 0.6 is 0 Å². The summed E-state index contributed by atoms with van der Waals surface area (Å²) in [7, 11) is -3.69. The molecule has 0 amide bonds. The van der Waals surface area contributed by atoms with Crippen LogP contribution in [0.15, 0.2) is 33.8 Å². The number of aromatic nitrogens is 2. The molecular formula is C13H15N3O3S. The molecule has 1 fully saturated rings. The number of rotatable bonds is 4. The number of hydrogen-bond donors (Lipinski definition) is 0. The van der Waals surface area contributed by atoms with Gasteiger partial charge >= 0.3 is 0 Å². The van der Waals surface area contributed by atoms with E-state index < -0.39 is 10.0 Å². The van der Waals surface area contributed by atoms with Crippen LogP contribution in [0, 0.1) is 13.8 Å². The maximum absolute atomic E-state index is 12.9. The molecule has 0 aromatic carbocycles. The van der Waals surface area contributed by atoms with Crippen molar-refractivity contribution in [3.63, 3.8) is 0 Å². The van der Waals surface area contributed by atoms with E-state index in [-0.39, 0.29) is 10.9 Å². The molecule has 0 atom stereocenters. The highest BCUT2D eigenvalue weighted by molar-refractivity contribution is 7.93. The molecule has 106 valence electrons. The van der Waals surface area contributed by atoms with Crippen molar-refractivity contribution in [2.45, 2.75) is 37.6 Å². The fourth-order valence-corrected chi connectivity index (χ4v) is 4.21. The van der Waals surface area contributed by atoms with Gasteiger partial charge in [0.2, 0.25) is 0 Å². The summed E-state index contributed by atoms with van der Waals surface area (Å²) in [6.45, 7) is 3.24. The summed E-state index contributed by atoms with van der Waals surface area (Å²) < 4.78 is 32.2. The molecule has 7 heteroatoms. The summed E-state index contributed by atoms with van der Waals surface area (Å²) in [5.74, 6) is 0.749.